The van der Waals surface area contributed by atoms with Crippen LogP contribution in [0.4, 0.5) is 0 Å². The highest BCUT2D eigenvalue weighted by molar-refractivity contribution is 5.92. The van der Waals surface area contributed by atoms with Gasteiger partial charge in [-0.1, -0.05) is 29.8 Å². The Labute approximate surface area is 122 Å². The molecule has 0 atom stereocenters. The van der Waals surface area contributed by atoms with E-state index in [-0.39, 0.29) is 5.56 Å². The van der Waals surface area contributed by atoms with Gasteiger partial charge in [0.25, 0.3) is 0 Å². The molecular weight excluding hydrogens is 264 g/mol. The van der Waals surface area contributed by atoms with Gasteiger partial charge in [-0.05, 0) is 41.8 Å². The summed E-state index contributed by atoms with van der Waals surface area (Å²) in [6.07, 6.45) is 3.43. The summed E-state index contributed by atoms with van der Waals surface area (Å²) >= 11 is 0. The summed E-state index contributed by atoms with van der Waals surface area (Å²) in [6.45, 7) is 2.02. The number of carbonyl (C=O) groups is 1. The molecule has 0 aliphatic heterocycles. The van der Waals surface area contributed by atoms with Crippen molar-refractivity contribution in [3.8, 4) is 22.3 Å². The monoisotopic (exact) mass is 278 g/mol. The smallest absolute Gasteiger partial charge is 0.335 e. The van der Waals surface area contributed by atoms with Crippen molar-refractivity contribution >= 4 is 5.97 Å². The van der Waals surface area contributed by atoms with Crippen LogP contribution >= 0.6 is 0 Å². The maximum absolute atomic E-state index is 11.3. The lowest BCUT2D eigenvalue weighted by Crippen LogP contribution is -1.97. The molecule has 0 spiro atoms. The van der Waals surface area contributed by atoms with Crippen molar-refractivity contribution in [3.63, 3.8) is 0 Å². The number of hydrogen-bond donors (Lipinski definition) is 2. The van der Waals surface area contributed by atoms with E-state index in [0.717, 1.165) is 22.3 Å². The Morgan fingerprint density at radius 3 is 2.24 bits per heavy atom. The maximum Gasteiger partial charge on any atom is 0.335 e. The normalized spacial score (nSPS) is 10.5. The molecule has 4 nitrogen and oxygen atoms in total. The molecule has 3 aromatic rings. The Kier molecular flexibility index (Phi) is 3.28. The van der Waals surface area contributed by atoms with Crippen LogP contribution in [0.3, 0.4) is 0 Å². The summed E-state index contributed by atoms with van der Waals surface area (Å²) in [6, 6.07) is 13.3. The van der Waals surface area contributed by atoms with E-state index in [9.17, 15) is 9.90 Å². The summed E-state index contributed by atoms with van der Waals surface area (Å²) in [5, 5.41) is 16.0. The second kappa shape index (κ2) is 5.25. The van der Waals surface area contributed by atoms with Crippen molar-refractivity contribution in [3.05, 3.63) is 66.0 Å². The van der Waals surface area contributed by atoms with Crippen molar-refractivity contribution in [2.45, 2.75) is 6.92 Å². The number of hydrogen-bond acceptors (Lipinski definition) is 2. The fraction of sp³-hybridized carbons (Fsp3) is 0.0588. The van der Waals surface area contributed by atoms with Gasteiger partial charge in [0.15, 0.2) is 0 Å². The largest absolute Gasteiger partial charge is 0.478 e. The highest BCUT2D eigenvalue weighted by Crippen LogP contribution is 2.28. The number of benzene rings is 2. The Morgan fingerprint density at radius 1 is 1.00 bits per heavy atom. The van der Waals surface area contributed by atoms with Crippen molar-refractivity contribution in [1.82, 2.24) is 10.2 Å². The first kappa shape index (κ1) is 13.1. The predicted molar refractivity (Wildman–Crippen MR) is 81.2 cm³/mol. The number of aromatic amines is 1. The number of nitrogens with zero attached hydrogens (tertiary/aromatic N) is 1. The number of aryl methyl sites for hydroxylation is 1. The molecule has 0 fully saturated rings. The van der Waals surface area contributed by atoms with Crippen LogP contribution in [0.15, 0.2) is 54.9 Å². The summed E-state index contributed by atoms with van der Waals surface area (Å²) < 4.78 is 0. The molecule has 1 heterocycles. The Hall–Kier alpha value is -2.88. The number of H-pyrrole nitrogens is 1. The van der Waals surface area contributed by atoms with Gasteiger partial charge in [0.1, 0.15) is 0 Å². The first-order valence-corrected chi connectivity index (χ1v) is 6.58. The van der Waals surface area contributed by atoms with Crippen LogP contribution in [0.1, 0.15) is 15.9 Å². The molecule has 0 unspecified atom stereocenters. The minimum absolute atomic E-state index is 0.268. The van der Waals surface area contributed by atoms with Crippen LogP contribution in [-0.2, 0) is 0 Å². The van der Waals surface area contributed by atoms with Crippen LogP contribution < -0.4 is 0 Å². The first-order chi connectivity index (χ1) is 10.1. The topological polar surface area (TPSA) is 66.0 Å². The van der Waals surface area contributed by atoms with E-state index in [1.807, 2.05) is 37.3 Å². The molecule has 0 radical (unpaired) electrons. The molecule has 3 rings (SSSR count). The van der Waals surface area contributed by atoms with Crippen molar-refractivity contribution < 1.29 is 9.90 Å². The third kappa shape index (κ3) is 2.69. The van der Waals surface area contributed by atoms with Gasteiger partial charge in [-0.15, -0.1) is 0 Å². The highest BCUT2D eigenvalue weighted by atomic mass is 16.4. The summed E-state index contributed by atoms with van der Waals surface area (Å²) in [5.74, 6) is -0.936. The Balaban J connectivity index is 2.16. The van der Waals surface area contributed by atoms with E-state index in [2.05, 4.69) is 10.2 Å². The molecule has 21 heavy (non-hydrogen) atoms. The maximum atomic E-state index is 11.3. The van der Waals surface area contributed by atoms with E-state index in [1.54, 1.807) is 24.5 Å². The van der Waals surface area contributed by atoms with Gasteiger partial charge in [-0.3, -0.25) is 5.10 Å². The molecule has 2 aromatic carbocycles. The van der Waals surface area contributed by atoms with Crippen LogP contribution in [0.2, 0.25) is 0 Å². The van der Waals surface area contributed by atoms with E-state index < -0.39 is 5.97 Å². The van der Waals surface area contributed by atoms with Gasteiger partial charge >= 0.3 is 5.97 Å². The molecule has 0 aliphatic rings. The number of carboxylic acid groups (broad SMARTS) is 1. The molecule has 0 amide bonds. The highest BCUT2D eigenvalue weighted by Gasteiger charge is 2.10. The number of carboxylic acids is 1. The predicted octanol–water partition coefficient (Wildman–Crippen LogP) is 3.75. The molecule has 0 bridgehead atoms. The zero-order valence-electron chi connectivity index (χ0n) is 11.5. The third-order valence-corrected chi connectivity index (χ3v) is 3.40. The average molecular weight is 278 g/mol. The second-order valence-corrected chi connectivity index (χ2v) is 4.96. The number of nitrogens with one attached hydrogen (secondary N) is 1. The molecular formula is C17H14N2O2. The fourth-order valence-corrected chi connectivity index (χ4v) is 2.24. The van der Waals surface area contributed by atoms with Gasteiger partial charge in [-0.25, -0.2) is 4.79 Å². The van der Waals surface area contributed by atoms with E-state index in [1.165, 1.54) is 5.56 Å². The van der Waals surface area contributed by atoms with Crippen molar-refractivity contribution in [2.24, 2.45) is 0 Å². The van der Waals surface area contributed by atoms with Crippen LogP contribution in [-0.4, -0.2) is 21.3 Å². The minimum Gasteiger partial charge on any atom is -0.478 e. The van der Waals surface area contributed by atoms with E-state index in [0.29, 0.717) is 0 Å². The molecule has 2 N–H and O–H groups in total. The number of rotatable bonds is 3. The summed E-state index contributed by atoms with van der Waals surface area (Å²) in [7, 11) is 0. The molecule has 0 saturated carbocycles. The van der Waals surface area contributed by atoms with Crippen molar-refractivity contribution in [1.29, 1.82) is 0 Å². The lowest BCUT2D eigenvalue weighted by molar-refractivity contribution is 0.0697. The number of aromatic carboxylic acids is 1. The van der Waals surface area contributed by atoms with Crippen molar-refractivity contribution in [2.75, 3.05) is 0 Å². The molecule has 4 heteroatoms. The minimum atomic E-state index is -0.936. The molecule has 1 aromatic heterocycles. The summed E-state index contributed by atoms with van der Waals surface area (Å²) in [4.78, 5) is 11.3. The fourth-order valence-electron chi connectivity index (χ4n) is 2.24. The van der Waals surface area contributed by atoms with Gasteiger partial charge in [0.2, 0.25) is 0 Å². The van der Waals surface area contributed by atoms with E-state index >= 15 is 0 Å². The lowest BCUT2D eigenvalue weighted by Gasteiger charge is -2.07. The van der Waals surface area contributed by atoms with Gasteiger partial charge in [0, 0.05) is 11.8 Å². The van der Waals surface area contributed by atoms with Crippen LogP contribution in [0.5, 0.6) is 0 Å². The van der Waals surface area contributed by atoms with Gasteiger partial charge in [0.05, 0.1) is 11.8 Å². The standard InChI is InChI=1S/C17H14N2O2/c1-11-2-4-12(5-3-11)13-6-14(16-9-18-19-10-16)8-15(7-13)17(20)21/h2-10H,1H3,(H,18,19)(H,20,21). The second-order valence-electron chi connectivity index (χ2n) is 4.96. The number of aromatic nitrogens is 2. The summed E-state index contributed by atoms with van der Waals surface area (Å²) in [5.41, 5.74) is 5.01. The van der Waals surface area contributed by atoms with E-state index in [4.69, 9.17) is 0 Å². The van der Waals surface area contributed by atoms with Gasteiger partial charge < -0.3 is 5.11 Å². The molecule has 104 valence electrons. The lowest BCUT2D eigenvalue weighted by atomic mass is 9.97. The third-order valence-electron chi connectivity index (χ3n) is 3.40. The Bertz CT molecular complexity index is 775. The van der Waals surface area contributed by atoms with Gasteiger partial charge in [-0.2, -0.15) is 5.10 Å². The molecule has 0 aliphatic carbocycles. The quantitative estimate of drug-likeness (QED) is 0.766. The van der Waals surface area contributed by atoms with Crippen LogP contribution in [0, 0.1) is 6.92 Å². The van der Waals surface area contributed by atoms with Crippen LogP contribution in [0.25, 0.3) is 22.3 Å². The average Bonchev–Trinajstić information content (AvgIpc) is 3.02. The Morgan fingerprint density at radius 2 is 1.67 bits per heavy atom. The first-order valence-electron chi connectivity index (χ1n) is 6.58. The molecule has 0 saturated heterocycles. The SMILES string of the molecule is Cc1ccc(-c2cc(C(=O)O)cc(-c3cn[nH]c3)c2)cc1. The zero-order chi connectivity index (χ0) is 14.8. The zero-order valence-corrected chi connectivity index (χ0v) is 11.5.